The molecule has 0 unspecified atom stereocenters. The summed E-state index contributed by atoms with van der Waals surface area (Å²) in [5.41, 5.74) is -1.27. The number of rotatable bonds is 9. The van der Waals surface area contributed by atoms with Crippen LogP contribution in [0.5, 0.6) is 0 Å². The minimum Gasteiger partial charge on any atom is -0.364 e. The van der Waals surface area contributed by atoms with E-state index in [-0.39, 0.29) is 9.99 Å². The fraction of sp³-hybridized carbons (Fsp3) is 0.240. The molecule has 0 radical (unpaired) electrons. The maximum atomic E-state index is 16.1. The highest BCUT2D eigenvalue weighted by Crippen LogP contribution is 2.46. The maximum absolute atomic E-state index is 16.1. The highest BCUT2D eigenvalue weighted by Gasteiger charge is 2.61. The van der Waals surface area contributed by atoms with E-state index in [1.807, 2.05) is 4.98 Å². The minimum atomic E-state index is -2.71. The van der Waals surface area contributed by atoms with Gasteiger partial charge in [0.1, 0.15) is 18.6 Å². The molecule has 1 saturated heterocycles. The Morgan fingerprint density at radius 2 is 1.61 bits per heavy atom. The molecule has 0 spiro atoms. The lowest BCUT2D eigenvalue weighted by molar-refractivity contribution is -0.160. The average Bonchev–Trinajstić information content (AvgIpc) is 3.19. The van der Waals surface area contributed by atoms with E-state index < -0.39 is 59.3 Å². The number of aromatic amines is 1. The van der Waals surface area contributed by atoms with Crippen LogP contribution in [0.1, 0.15) is 26.9 Å². The third-order valence-corrected chi connectivity index (χ3v) is 6.78. The van der Waals surface area contributed by atoms with Gasteiger partial charge in [0, 0.05) is 23.4 Å². The van der Waals surface area contributed by atoms with E-state index in [1.54, 1.807) is 71.1 Å². The lowest BCUT2D eigenvalue weighted by Gasteiger charge is -2.25. The van der Waals surface area contributed by atoms with Gasteiger partial charge in [0.15, 0.2) is 12.0 Å². The van der Waals surface area contributed by atoms with Crippen molar-refractivity contribution in [2.75, 3.05) is 11.0 Å². The Kier molecular flexibility index (Phi) is 7.71. The lowest BCUT2D eigenvalue weighted by Crippen LogP contribution is -2.45. The Labute approximate surface area is 217 Å². The van der Waals surface area contributed by atoms with Gasteiger partial charge in [-0.25, -0.2) is 9.18 Å². The van der Waals surface area contributed by atoms with Crippen molar-refractivity contribution in [1.82, 2.24) is 9.55 Å². The van der Waals surface area contributed by atoms with Crippen LogP contribution >= 0.6 is 22.6 Å². The number of Topliss-reactive ketones (excluding diaryl/α,β-unsaturated/α-hetero) is 3. The topological polar surface area (TPSA) is 125 Å². The maximum Gasteiger partial charge on any atom is 0.330 e. The standard InChI is InChI=1S/C25H20FIN2O7/c26-25(14-27)19(21(33)20(32)16-9-5-2-6-10-16)22(35-13-17(30)15-7-3-1-4-8-15)23(36-25)29-12-11-18(31)28-24(29)34/h1-12,19,22-23H,13-14H2,(H,28,31,34)/t19-,22+,23+,25+/m0/s1. The van der Waals surface area contributed by atoms with E-state index in [4.69, 9.17) is 9.47 Å². The van der Waals surface area contributed by atoms with Crippen LogP contribution in [0.2, 0.25) is 0 Å². The molecule has 1 N–H and O–H groups in total. The molecule has 11 heteroatoms. The fourth-order valence-corrected chi connectivity index (χ4v) is 4.64. The van der Waals surface area contributed by atoms with Crippen LogP contribution in [-0.4, -0.2) is 49.9 Å². The van der Waals surface area contributed by atoms with Crippen LogP contribution in [0.3, 0.4) is 0 Å². The van der Waals surface area contributed by atoms with Gasteiger partial charge in [-0.15, -0.1) is 0 Å². The van der Waals surface area contributed by atoms with Crippen LogP contribution < -0.4 is 11.2 Å². The third kappa shape index (κ3) is 5.13. The molecule has 1 aliphatic heterocycles. The predicted octanol–water partition coefficient (Wildman–Crippen LogP) is 2.50. The Hall–Kier alpha value is -3.29. The lowest BCUT2D eigenvalue weighted by atomic mass is 9.87. The first-order valence-electron chi connectivity index (χ1n) is 10.8. The fourth-order valence-electron chi connectivity index (χ4n) is 3.98. The van der Waals surface area contributed by atoms with E-state index >= 15 is 4.39 Å². The molecule has 0 aliphatic carbocycles. The Bertz CT molecular complexity index is 1390. The average molecular weight is 606 g/mol. The molecule has 1 fully saturated rings. The summed E-state index contributed by atoms with van der Waals surface area (Å²) in [4.78, 5) is 65.1. The molecule has 0 amide bonds. The molecule has 2 heterocycles. The van der Waals surface area contributed by atoms with Crippen molar-refractivity contribution >= 4 is 39.9 Å². The van der Waals surface area contributed by atoms with Gasteiger partial charge in [-0.05, 0) is 0 Å². The summed E-state index contributed by atoms with van der Waals surface area (Å²) in [6.45, 7) is -0.576. The van der Waals surface area contributed by atoms with Crippen molar-refractivity contribution in [3.05, 3.63) is 105 Å². The zero-order valence-corrected chi connectivity index (χ0v) is 20.8. The van der Waals surface area contributed by atoms with Gasteiger partial charge in [-0.2, -0.15) is 0 Å². The summed E-state index contributed by atoms with van der Waals surface area (Å²) in [6, 6.07) is 16.8. The summed E-state index contributed by atoms with van der Waals surface area (Å²) < 4.78 is 27.9. The molecule has 2 aromatic carbocycles. The molecule has 0 saturated carbocycles. The van der Waals surface area contributed by atoms with E-state index in [2.05, 4.69) is 0 Å². The summed E-state index contributed by atoms with van der Waals surface area (Å²) in [7, 11) is 0. The number of hydrogen-bond acceptors (Lipinski definition) is 7. The van der Waals surface area contributed by atoms with Crippen LogP contribution in [0.15, 0.2) is 82.5 Å². The van der Waals surface area contributed by atoms with Gasteiger partial charge in [-0.1, -0.05) is 83.3 Å². The molecule has 1 aliphatic rings. The summed E-state index contributed by atoms with van der Waals surface area (Å²) in [6.07, 6.45) is -2.02. The highest BCUT2D eigenvalue weighted by molar-refractivity contribution is 14.1. The molecule has 4 atom stereocenters. The number of halogens is 2. The first-order valence-corrected chi connectivity index (χ1v) is 12.4. The van der Waals surface area contributed by atoms with Gasteiger partial charge in [0.05, 0.1) is 4.43 Å². The number of benzene rings is 2. The van der Waals surface area contributed by atoms with Crippen molar-refractivity contribution in [2.24, 2.45) is 5.92 Å². The molecule has 1 aromatic heterocycles. The number of alkyl halides is 2. The number of nitrogens with one attached hydrogen (secondary N) is 1. The number of hydrogen-bond donors (Lipinski definition) is 1. The van der Waals surface area contributed by atoms with E-state index in [9.17, 15) is 24.0 Å². The molecule has 186 valence electrons. The first-order chi connectivity index (χ1) is 17.2. The molecule has 3 aromatic rings. The second-order valence-electron chi connectivity index (χ2n) is 8.05. The Balaban J connectivity index is 1.74. The zero-order valence-electron chi connectivity index (χ0n) is 18.6. The molecule has 9 nitrogen and oxygen atoms in total. The number of ketones is 3. The smallest absolute Gasteiger partial charge is 0.330 e. The van der Waals surface area contributed by atoms with Gasteiger partial charge in [0.2, 0.25) is 17.4 Å². The van der Waals surface area contributed by atoms with Crippen molar-refractivity contribution in [3.8, 4) is 0 Å². The van der Waals surface area contributed by atoms with Gasteiger partial charge >= 0.3 is 5.69 Å². The second kappa shape index (κ2) is 10.8. The Morgan fingerprint density at radius 3 is 2.19 bits per heavy atom. The normalized spacial score (nSPS) is 23.3. The Morgan fingerprint density at radius 1 is 1.00 bits per heavy atom. The van der Waals surface area contributed by atoms with Crippen molar-refractivity contribution in [3.63, 3.8) is 0 Å². The largest absolute Gasteiger partial charge is 0.364 e. The van der Waals surface area contributed by atoms with Crippen LogP contribution in [0, 0.1) is 5.92 Å². The third-order valence-electron chi connectivity index (χ3n) is 5.74. The number of carbonyl (C=O) groups is 3. The summed E-state index contributed by atoms with van der Waals surface area (Å²) >= 11 is 1.67. The van der Waals surface area contributed by atoms with E-state index in [1.165, 1.54) is 12.1 Å². The number of ether oxygens (including phenoxy) is 2. The van der Waals surface area contributed by atoms with E-state index in [0.29, 0.717) is 5.56 Å². The monoisotopic (exact) mass is 606 g/mol. The number of nitrogens with zero attached hydrogens (tertiary/aromatic N) is 1. The number of carbonyl (C=O) groups excluding carboxylic acids is 3. The second-order valence-corrected chi connectivity index (χ2v) is 8.81. The van der Waals surface area contributed by atoms with Crippen LogP contribution in [0.25, 0.3) is 0 Å². The molecule has 0 bridgehead atoms. The zero-order chi connectivity index (χ0) is 25.9. The van der Waals surface area contributed by atoms with E-state index in [0.717, 1.165) is 16.8 Å². The van der Waals surface area contributed by atoms with Gasteiger partial charge in [0.25, 0.3) is 5.56 Å². The van der Waals surface area contributed by atoms with Gasteiger partial charge < -0.3 is 9.47 Å². The van der Waals surface area contributed by atoms with Gasteiger partial charge in [-0.3, -0.25) is 28.7 Å². The van der Waals surface area contributed by atoms with Crippen molar-refractivity contribution in [2.45, 2.75) is 18.2 Å². The predicted molar refractivity (Wildman–Crippen MR) is 134 cm³/mol. The minimum absolute atomic E-state index is 0.0436. The van der Waals surface area contributed by atoms with Crippen molar-refractivity contribution in [1.29, 1.82) is 0 Å². The SMILES string of the molecule is O=C(CO[C@H]1[C@H](n2ccc(=O)[nH]c2=O)O[C@](F)(CI)[C@H]1C(=O)C(=O)c1ccccc1)c1ccccc1. The molecular formula is C25H20FIN2O7. The van der Waals surface area contributed by atoms with Crippen LogP contribution in [0.4, 0.5) is 4.39 Å². The summed E-state index contributed by atoms with van der Waals surface area (Å²) in [5.74, 6) is -7.06. The molecule has 4 rings (SSSR count). The first kappa shape index (κ1) is 25.8. The van der Waals surface area contributed by atoms with Crippen molar-refractivity contribution < 1.29 is 28.2 Å². The number of H-pyrrole nitrogens is 1. The quantitative estimate of drug-likeness (QED) is 0.172. The molecule has 36 heavy (non-hydrogen) atoms. The molecular weight excluding hydrogens is 586 g/mol. The number of aromatic nitrogens is 2. The summed E-state index contributed by atoms with van der Waals surface area (Å²) in [5, 5.41) is 0. The van der Waals surface area contributed by atoms with Crippen LogP contribution in [-0.2, 0) is 14.3 Å². The highest BCUT2D eigenvalue weighted by atomic mass is 127.